The summed E-state index contributed by atoms with van der Waals surface area (Å²) in [5.41, 5.74) is 6.31. The minimum absolute atomic E-state index is 0. The predicted molar refractivity (Wildman–Crippen MR) is 71.6 cm³/mol. The van der Waals surface area contributed by atoms with Crippen molar-refractivity contribution in [3.63, 3.8) is 0 Å². The molecule has 0 aromatic heterocycles. The summed E-state index contributed by atoms with van der Waals surface area (Å²) in [5.74, 6) is -0.0328. The van der Waals surface area contributed by atoms with Gasteiger partial charge in [0.1, 0.15) is 0 Å². The first kappa shape index (κ1) is 14.3. The van der Waals surface area contributed by atoms with Crippen LogP contribution < -0.4 is 11.1 Å². The average molecular weight is 275 g/mol. The number of carbonyl (C=O) groups is 1. The number of nitrogens with one attached hydrogen (secondary N) is 1. The molecule has 2 rings (SSSR count). The molecule has 1 saturated carbocycles. The molecular formula is C12H16Cl2N2O. The molecule has 1 fully saturated rings. The summed E-state index contributed by atoms with van der Waals surface area (Å²) in [7, 11) is 0. The summed E-state index contributed by atoms with van der Waals surface area (Å²) < 4.78 is 0. The van der Waals surface area contributed by atoms with E-state index in [0.29, 0.717) is 6.54 Å². The molecule has 3 nitrogen and oxygen atoms in total. The van der Waals surface area contributed by atoms with Gasteiger partial charge in [-0.25, -0.2) is 0 Å². The quantitative estimate of drug-likeness (QED) is 0.882. The van der Waals surface area contributed by atoms with Crippen LogP contribution in [0.1, 0.15) is 18.4 Å². The highest BCUT2D eigenvalue weighted by atomic mass is 35.5. The van der Waals surface area contributed by atoms with Gasteiger partial charge in [-0.2, -0.15) is 0 Å². The third-order valence-electron chi connectivity index (χ3n) is 2.83. The third kappa shape index (κ3) is 3.87. The molecule has 3 N–H and O–H groups in total. The molecule has 0 saturated heterocycles. The molecule has 1 amide bonds. The summed E-state index contributed by atoms with van der Waals surface area (Å²) >= 11 is 5.86. The van der Waals surface area contributed by atoms with E-state index in [-0.39, 0.29) is 18.3 Å². The first-order valence-electron chi connectivity index (χ1n) is 5.42. The Balaban J connectivity index is 0.00000144. The molecule has 5 heteroatoms. The summed E-state index contributed by atoms with van der Waals surface area (Å²) in [6.07, 6.45) is 2.38. The molecule has 1 aromatic carbocycles. The molecule has 0 atom stereocenters. The maximum Gasteiger partial charge on any atom is 0.240 e. The van der Waals surface area contributed by atoms with Gasteiger partial charge in [-0.3, -0.25) is 4.79 Å². The number of hydrogen-bond donors (Lipinski definition) is 2. The van der Waals surface area contributed by atoms with Crippen molar-refractivity contribution < 1.29 is 4.79 Å². The zero-order valence-electron chi connectivity index (χ0n) is 9.41. The molecular weight excluding hydrogens is 259 g/mol. The lowest BCUT2D eigenvalue weighted by atomic mass is 10.1. The number of halogens is 2. The van der Waals surface area contributed by atoms with Crippen LogP contribution in [-0.4, -0.2) is 18.0 Å². The fourth-order valence-corrected chi connectivity index (χ4v) is 1.76. The normalized spacial score (nSPS) is 15.9. The Labute approximate surface area is 112 Å². The molecule has 0 heterocycles. The van der Waals surface area contributed by atoms with Gasteiger partial charge in [0.05, 0.1) is 5.54 Å². The third-order valence-corrected chi connectivity index (χ3v) is 3.06. The van der Waals surface area contributed by atoms with Crippen LogP contribution in [0.25, 0.3) is 0 Å². The summed E-state index contributed by atoms with van der Waals surface area (Å²) in [6.45, 7) is 0.609. The summed E-state index contributed by atoms with van der Waals surface area (Å²) in [5, 5.41) is 3.57. The topological polar surface area (TPSA) is 55.1 Å². The van der Waals surface area contributed by atoms with Gasteiger partial charge in [-0.05, 0) is 37.0 Å². The molecule has 0 spiro atoms. The zero-order valence-corrected chi connectivity index (χ0v) is 11.0. The van der Waals surface area contributed by atoms with E-state index in [9.17, 15) is 4.79 Å². The van der Waals surface area contributed by atoms with Crippen LogP contribution >= 0.6 is 24.0 Å². The minimum atomic E-state index is -0.575. The van der Waals surface area contributed by atoms with Crippen molar-refractivity contribution in [1.29, 1.82) is 0 Å². The van der Waals surface area contributed by atoms with Crippen molar-refractivity contribution in [3.8, 4) is 0 Å². The summed E-state index contributed by atoms with van der Waals surface area (Å²) in [4.78, 5) is 11.5. The van der Waals surface area contributed by atoms with Gasteiger partial charge in [0.15, 0.2) is 0 Å². The van der Waals surface area contributed by atoms with Crippen LogP contribution in [0.4, 0.5) is 0 Å². The SMILES string of the molecule is Cl.NC1(C(=O)NCCc2cccc(Cl)c2)CC1. The van der Waals surface area contributed by atoms with Gasteiger partial charge in [-0.1, -0.05) is 23.7 Å². The van der Waals surface area contributed by atoms with Gasteiger partial charge in [0, 0.05) is 11.6 Å². The highest BCUT2D eigenvalue weighted by molar-refractivity contribution is 6.30. The number of nitrogens with two attached hydrogens (primary N) is 1. The van der Waals surface area contributed by atoms with Crippen molar-refractivity contribution in [3.05, 3.63) is 34.9 Å². The fourth-order valence-electron chi connectivity index (χ4n) is 1.55. The van der Waals surface area contributed by atoms with E-state index in [1.54, 1.807) is 0 Å². The molecule has 0 bridgehead atoms. The monoisotopic (exact) mass is 274 g/mol. The maximum atomic E-state index is 11.5. The lowest BCUT2D eigenvalue weighted by Crippen LogP contribution is -2.43. The van der Waals surface area contributed by atoms with Gasteiger partial charge in [0.25, 0.3) is 0 Å². The van der Waals surface area contributed by atoms with E-state index in [0.717, 1.165) is 29.8 Å². The lowest BCUT2D eigenvalue weighted by Gasteiger charge is -2.09. The van der Waals surface area contributed by atoms with E-state index in [1.165, 1.54) is 0 Å². The first-order valence-corrected chi connectivity index (χ1v) is 5.80. The fraction of sp³-hybridized carbons (Fsp3) is 0.417. The van der Waals surface area contributed by atoms with Gasteiger partial charge < -0.3 is 11.1 Å². The van der Waals surface area contributed by atoms with Crippen LogP contribution in [0.3, 0.4) is 0 Å². The van der Waals surface area contributed by atoms with Crippen LogP contribution in [0, 0.1) is 0 Å². The second kappa shape index (κ2) is 5.71. The van der Waals surface area contributed by atoms with Crippen LogP contribution in [0.5, 0.6) is 0 Å². The Morgan fingerprint density at radius 3 is 2.76 bits per heavy atom. The minimum Gasteiger partial charge on any atom is -0.354 e. The Hall–Kier alpha value is -0.770. The van der Waals surface area contributed by atoms with Gasteiger partial charge in [-0.15, -0.1) is 12.4 Å². The van der Waals surface area contributed by atoms with Gasteiger partial charge in [0.2, 0.25) is 5.91 Å². The number of amides is 1. The maximum absolute atomic E-state index is 11.5. The van der Waals surface area contributed by atoms with Gasteiger partial charge >= 0.3 is 0 Å². The molecule has 1 aliphatic carbocycles. The Kier molecular flexibility index (Phi) is 4.80. The van der Waals surface area contributed by atoms with Crippen molar-refractivity contribution in [2.75, 3.05) is 6.54 Å². The number of hydrogen-bond acceptors (Lipinski definition) is 2. The molecule has 0 unspecified atom stereocenters. The number of rotatable bonds is 4. The van der Waals surface area contributed by atoms with E-state index >= 15 is 0 Å². The van der Waals surface area contributed by atoms with Crippen molar-refractivity contribution in [2.24, 2.45) is 5.73 Å². The predicted octanol–water partition coefficient (Wildman–Crippen LogP) is 1.91. The zero-order chi connectivity index (χ0) is 11.6. The Morgan fingerprint density at radius 1 is 1.47 bits per heavy atom. The molecule has 94 valence electrons. The Morgan fingerprint density at radius 2 is 2.18 bits per heavy atom. The highest BCUT2D eigenvalue weighted by Gasteiger charge is 2.45. The first-order chi connectivity index (χ1) is 7.60. The van der Waals surface area contributed by atoms with Crippen molar-refractivity contribution in [1.82, 2.24) is 5.32 Å². The standard InChI is InChI=1S/C12H15ClN2O.ClH/c13-10-3-1-2-9(8-10)4-7-15-11(16)12(14)5-6-12;/h1-3,8H,4-7,14H2,(H,15,16);1H. The largest absolute Gasteiger partial charge is 0.354 e. The van der Waals surface area contributed by atoms with Crippen LogP contribution in [-0.2, 0) is 11.2 Å². The molecule has 17 heavy (non-hydrogen) atoms. The number of benzene rings is 1. The smallest absolute Gasteiger partial charge is 0.240 e. The molecule has 0 aliphatic heterocycles. The van der Waals surface area contributed by atoms with Crippen molar-refractivity contribution in [2.45, 2.75) is 24.8 Å². The second-order valence-corrected chi connectivity index (χ2v) is 4.73. The highest BCUT2D eigenvalue weighted by Crippen LogP contribution is 2.31. The molecule has 1 aromatic rings. The second-order valence-electron chi connectivity index (χ2n) is 4.29. The molecule has 0 radical (unpaired) electrons. The van der Waals surface area contributed by atoms with E-state index in [1.807, 2.05) is 24.3 Å². The number of carbonyl (C=O) groups excluding carboxylic acids is 1. The van der Waals surface area contributed by atoms with E-state index < -0.39 is 5.54 Å². The average Bonchev–Trinajstić information content (AvgIpc) is 2.98. The summed E-state index contributed by atoms with van der Waals surface area (Å²) in [6, 6.07) is 7.64. The van der Waals surface area contributed by atoms with Crippen LogP contribution in [0.15, 0.2) is 24.3 Å². The van der Waals surface area contributed by atoms with Crippen molar-refractivity contribution >= 4 is 29.9 Å². The molecule has 1 aliphatic rings. The van der Waals surface area contributed by atoms with E-state index in [2.05, 4.69) is 5.32 Å². The van der Waals surface area contributed by atoms with Crippen LogP contribution in [0.2, 0.25) is 5.02 Å². The Bertz CT molecular complexity index is 405. The van der Waals surface area contributed by atoms with E-state index in [4.69, 9.17) is 17.3 Å². The lowest BCUT2D eigenvalue weighted by molar-refractivity contribution is -0.123.